The predicted molar refractivity (Wildman–Crippen MR) is 64.9 cm³/mol. The van der Waals surface area contributed by atoms with Crippen LogP contribution in [0.4, 0.5) is 0 Å². The normalized spacial score (nSPS) is 20.0. The first-order chi connectivity index (χ1) is 7.24. The van der Waals surface area contributed by atoms with Crippen LogP contribution in [-0.2, 0) is 4.79 Å². The van der Waals surface area contributed by atoms with Gasteiger partial charge in [0.15, 0.2) is 5.78 Å². The van der Waals surface area contributed by atoms with Gasteiger partial charge in [-0.1, -0.05) is 39.2 Å². The molecule has 1 nitrogen and oxygen atoms in total. The molecule has 0 aromatic heterocycles. The summed E-state index contributed by atoms with van der Waals surface area (Å²) in [5.74, 6) is 0.954. The van der Waals surface area contributed by atoms with Crippen LogP contribution in [0, 0.1) is 5.92 Å². The van der Waals surface area contributed by atoms with Gasteiger partial charge in [0.05, 0.1) is 0 Å². The van der Waals surface area contributed by atoms with E-state index in [9.17, 15) is 4.79 Å². The number of hydrogen-bond acceptors (Lipinski definition) is 1. The molecule has 0 aliphatic heterocycles. The van der Waals surface area contributed by atoms with Crippen molar-refractivity contribution in [3.8, 4) is 0 Å². The summed E-state index contributed by atoms with van der Waals surface area (Å²) >= 11 is 0. The molecule has 0 saturated carbocycles. The maximum absolute atomic E-state index is 12.0. The molecule has 1 aliphatic rings. The Morgan fingerprint density at radius 1 is 1.33 bits per heavy atom. The largest absolute Gasteiger partial charge is 0.295 e. The number of Topliss-reactive ketones (excluding diaryl/α,β-unsaturated/α-hetero) is 1. The van der Waals surface area contributed by atoms with Gasteiger partial charge in [-0.15, -0.1) is 0 Å². The van der Waals surface area contributed by atoms with E-state index in [1.807, 2.05) is 0 Å². The van der Waals surface area contributed by atoms with Crippen LogP contribution in [0.1, 0.15) is 65.2 Å². The van der Waals surface area contributed by atoms with Crippen molar-refractivity contribution in [1.82, 2.24) is 0 Å². The third-order valence-corrected chi connectivity index (χ3v) is 3.38. The molecular formula is C14H24O. The summed E-state index contributed by atoms with van der Waals surface area (Å²) < 4.78 is 0. The number of carbonyl (C=O) groups excluding carboxylic acids is 1. The zero-order chi connectivity index (χ0) is 11.1. The lowest BCUT2D eigenvalue weighted by atomic mass is 9.92. The van der Waals surface area contributed by atoms with Crippen molar-refractivity contribution in [1.29, 1.82) is 0 Å². The van der Waals surface area contributed by atoms with Crippen molar-refractivity contribution in [2.45, 2.75) is 65.2 Å². The van der Waals surface area contributed by atoms with Gasteiger partial charge < -0.3 is 0 Å². The predicted octanol–water partition coefficient (Wildman–Crippen LogP) is 4.27. The molecule has 0 saturated heterocycles. The van der Waals surface area contributed by atoms with Gasteiger partial charge in [0, 0.05) is 6.42 Å². The summed E-state index contributed by atoms with van der Waals surface area (Å²) in [5.41, 5.74) is 1.12. The van der Waals surface area contributed by atoms with E-state index < -0.39 is 0 Å². The average Bonchev–Trinajstić information content (AvgIpc) is 2.16. The van der Waals surface area contributed by atoms with Gasteiger partial charge in [-0.25, -0.2) is 0 Å². The first kappa shape index (κ1) is 12.5. The summed E-state index contributed by atoms with van der Waals surface area (Å²) in [5, 5.41) is 0. The fourth-order valence-corrected chi connectivity index (χ4v) is 2.04. The molecule has 1 aliphatic carbocycles. The number of hydrogen-bond donors (Lipinski definition) is 0. The van der Waals surface area contributed by atoms with Crippen molar-refractivity contribution in [3.05, 3.63) is 11.6 Å². The van der Waals surface area contributed by atoms with E-state index in [2.05, 4.69) is 19.9 Å². The minimum atomic E-state index is 0.409. The van der Waals surface area contributed by atoms with Crippen molar-refractivity contribution in [2.75, 3.05) is 0 Å². The summed E-state index contributed by atoms with van der Waals surface area (Å²) in [6, 6.07) is 0. The Hall–Kier alpha value is -0.590. The summed E-state index contributed by atoms with van der Waals surface area (Å²) in [7, 11) is 0. The molecule has 1 unspecified atom stereocenters. The molecule has 0 bridgehead atoms. The molecule has 1 heteroatoms. The van der Waals surface area contributed by atoms with Crippen molar-refractivity contribution in [3.63, 3.8) is 0 Å². The van der Waals surface area contributed by atoms with Crippen molar-refractivity contribution >= 4 is 5.78 Å². The van der Waals surface area contributed by atoms with Gasteiger partial charge in [-0.05, 0) is 37.2 Å². The maximum Gasteiger partial charge on any atom is 0.158 e. The third kappa shape index (κ3) is 4.63. The maximum atomic E-state index is 12.0. The number of ketones is 1. The zero-order valence-corrected chi connectivity index (χ0v) is 10.2. The molecule has 0 amide bonds. The molecule has 0 radical (unpaired) electrons. The fourth-order valence-electron chi connectivity index (χ4n) is 2.04. The highest BCUT2D eigenvalue weighted by atomic mass is 16.1. The number of allylic oxidation sites excluding steroid dienone is 2. The summed E-state index contributed by atoms with van der Waals surface area (Å²) in [6.45, 7) is 4.33. The van der Waals surface area contributed by atoms with Crippen LogP contribution in [0.25, 0.3) is 0 Å². The highest BCUT2D eigenvalue weighted by Crippen LogP contribution is 2.20. The first-order valence-electron chi connectivity index (χ1n) is 6.46. The fraction of sp³-hybridized carbons (Fsp3) is 0.786. The molecule has 1 rings (SSSR count). The molecule has 15 heavy (non-hydrogen) atoms. The second kappa shape index (κ2) is 6.81. The minimum Gasteiger partial charge on any atom is -0.295 e. The Balaban J connectivity index is 2.48. The molecule has 1 atom stereocenters. The van der Waals surface area contributed by atoms with Crippen LogP contribution >= 0.6 is 0 Å². The first-order valence-corrected chi connectivity index (χ1v) is 6.46. The quantitative estimate of drug-likeness (QED) is 0.674. The van der Waals surface area contributed by atoms with Crippen molar-refractivity contribution in [2.24, 2.45) is 5.92 Å². The molecule has 0 heterocycles. The van der Waals surface area contributed by atoms with Crippen LogP contribution in [-0.4, -0.2) is 5.78 Å². The van der Waals surface area contributed by atoms with Gasteiger partial charge >= 0.3 is 0 Å². The van der Waals surface area contributed by atoms with E-state index in [1.54, 1.807) is 0 Å². The van der Waals surface area contributed by atoms with Crippen LogP contribution in [0.15, 0.2) is 11.6 Å². The standard InChI is InChI=1S/C14H24O/c1-3-12(2)11-14(15)13-9-7-5-4-6-8-10-13/h9,12H,3-8,10-11H2,1-2H3. The summed E-state index contributed by atoms with van der Waals surface area (Å²) in [4.78, 5) is 12.0. The molecule has 0 N–H and O–H groups in total. The Labute approximate surface area is 93.9 Å². The Morgan fingerprint density at radius 3 is 2.80 bits per heavy atom. The smallest absolute Gasteiger partial charge is 0.158 e. The van der Waals surface area contributed by atoms with Crippen LogP contribution in [0.2, 0.25) is 0 Å². The van der Waals surface area contributed by atoms with E-state index in [1.165, 1.54) is 25.7 Å². The SMILES string of the molecule is CCC(C)CC(=O)C1=CCCCCCC1. The second-order valence-corrected chi connectivity index (χ2v) is 4.82. The van der Waals surface area contributed by atoms with E-state index in [4.69, 9.17) is 0 Å². The van der Waals surface area contributed by atoms with Gasteiger partial charge in [0.25, 0.3) is 0 Å². The van der Waals surface area contributed by atoms with Gasteiger partial charge in [-0.3, -0.25) is 4.79 Å². The van der Waals surface area contributed by atoms with Crippen LogP contribution in [0.3, 0.4) is 0 Å². The Bertz CT molecular complexity index is 227. The molecular weight excluding hydrogens is 184 g/mol. The lowest BCUT2D eigenvalue weighted by Gasteiger charge is -2.12. The Morgan fingerprint density at radius 2 is 2.07 bits per heavy atom. The Kier molecular flexibility index (Phi) is 5.67. The van der Waals surface area contributed by atoms with E-state index >= 15 is 0 Å². The molecule has 0 fully saturated rings. The van der Waals surface area contributed by atoms with Crippen molar-refractivity contribution < 1.29 is 4.79 Å². The number of rotatable bonds is 4. The minimum absolute atomic E-state index is 0.409. The van der Waals surface area contributed by atoms with Crippen LogP contribution < -0.4 is 0 Å². The van der Waals surface area contributed by atoms with E-state index in [0.29, 0.717) is 11.7 Å². The monoisotopic (exact) mass is 208 g/mol. The molecule has 0 aromatic carbocycles. The summed E-state index contributed by atoms with van der Waals surface area (Å²) in [6.07, 6.45) is 11.3. The highest BCUT2D eigenvalue weighted by Gasteiger charge is 2.13. The van der Waals surface area contributed by atoms with E-state index in [-0.39, 0.29) is 0 Å². The number of carbonyl (C=O) groups is 1. The van der Waals surface area contributed by atoms with Crippen LogP contribution in [0.5, 0.6) is 0 Å². The second-order valence-electron chi connectivity index (χ2n) is 4.82. The van der Waals surface area contributed by atoms with Gasteiger partial charge in [-0.2, -0.15) is 0 Å². The topological polar surface area (TPSA) is 17.1 Å². The molecule has 86 valence electrons. The lowest BCUT2D eigenvalue weighted by Crippen LogP contribution is -2.08. The third-order valence-electron chi connectivity index (χ3n) is 3.38. The lowest BCUT2D eigenvalue weighted by molar-refractivity contribution is -0.116. The molecule has 0 aromatic rings. The van der Waals surface area contributed by atoms with Gasteiger partial charge in [0.1, 0.15) is 0 Å². The highest BCUT2D eigenvalue weighted by molar-refractivity contribution is 5.95. The molecule has 0 spiro atoms. The average molecular weight is 208 g/mol. The van der Waals surface area contributed by atoms with E-state index in [0.717, 1.165) is 31.3 Å². The van der Waals surface area contributed by atoms with Gasteiger partial charge in [0.2, 0.25) is 0 Å². The zero-order valence-electron chi connectivity index (χ0n) is 10.2.